The number of ether oxygens (including phenoxy) is 2. The molecule has 0 aliphatic carbocycles. The van der Waals surface area contributed by atoms with Gasteiger partial charge in [-0.25, -0.2) is 0 Å². The quantitative estimate of drug-likeness (QED) is 0.856. The van der Waals surface area contributed by atoms with Crippen LogP contribution in [0.5, 0.6) is 0 Å². The van der Waals surface area contributed by atoms with Crippen LogP contribution in [0, 0.1) is 0 Å². The third-order valence-electron chi connectivity index (χ3n) is 3.41. The lowest BCUT2D eigenvalue weighted by Gasteiger charge is -2.25. The summed E-state index contributed by atoms with van der Waals surface area (Å²) in [6.07, 6.45) is 1.48. The highest BCUT2D eigenvalue weighted by atomic mass is 16.7. The molecule has 0 fully saturated rings. The zero-order chi connectivity index (χ0) is 14.0. The lowest BCUT2D eigenvalue weighted by atomic mass is 9.94. The number of Topliss-reactive ketones (excluding diaryl/α,β-unsaturated/α-hetero) is 1. The highest BCUT2D eigenvalue weighted by molar-refractivity contribution is 6.25. The summed E-state index contributed by atoms with van der Waals surface area (Å²) in [5.41, 5.74) is 2.04. The van der Waals surface area contributed by atoms with Gasteiger partial charge in [0.15, 0.2) is 0 Å². The SMILES string of the molecule is COC1(c2ccccc2)OC=C(c2ccccc2)C1=O. The summed E-state index contributed by atoms with van der Waals surface area (Å²) in [7, 11) is 1.48. The Morgan fingerprint density at radius 1 is 0.950 bits per heavy atom. The predicted octanol–water partition coefficient (Wildman–Crippen LogP) is 3.13. The van der Waals surface area contributed by atoms with E-state index in [1.54, 1.807) is 0 Å². The van der Waals surface area contributed by atoms with Crippen molar-refractivity contribution >= 4 is 11.4 Å². The van der Waals surface area contributed by atoms with E-state index in [1.165, 1.54) is 13.4 Å². The zero-order valence-corrected chi connectivity index (χ0v) is 11.1. The number of hydrogen-bond donors (Lipinski definition) is 0. The Kier molecular flexibility index (Phi) is 3.12. The maximum absolute atomic E-state index is 12.7. The van der Waals surface area contributed by atoms with Crippen LogP contribution in [0.3, 0.4) is 0 Å². The number of carbonyl (C=O) groups is 1. The number of benzene rings is 2. The van der Waals surface area contributed by atoms with Gasteiger partial charge in [-0.15, -0.1) is 0 Å². The fourth-order valence-electron chi connectivity index (χ4n) is 2.36. The summed E-state index contributed by atoms with van der Waals surface area (Å²) < 4.78 is 11.0. The maximum atomic E-state index is 12.7. The molecule has 0 radical (unpaired) electrons. The summed E-state index contributed by atoms with van der Waals surface area (Å²) in [6, 6.07) is 18.7. The molecule has 2 aromatic carbocycles. The molecular formula is C17H14O3. The smallest absolute Gasteiger partial charge is 0.301 e. The molecule has 1 unspecified atom stereocenters. The van der Waals surface area contributed by atoms with E-state index in [-0.39, 0.29) is 5.78 Å². The standard InChI is InChI=1S/C17H14O3/c1-19-17(14-10-6-3-7-11-14)16(18)15(12-20-17)13-8-4-2-5-9-13/h2-12H,1H3. The maximum Gasteiger partial charge on any atom is 0.301 e. The van der Waals surface area contributed by atoms with Crippen molar-refractivity contribution < 1.29 is 14.3 Å². The van der Waals surface area contributed by atoms with Gasteiger partial charge in [0.1, 0.15) is 0 Å². The Bertz CT molecular complexity index is 646. The van der Waals surface area contributed by atoms with E-state index in [2.05, 4.69) is 0 Å². The molecule has 3 rings (SSSR count). The van der Waals surface area contributed by atoms with Gasteiger partial charge in [-0.2, -0.15) is 0 Å². The second-order valence-electron chi connectivity index (χ2n) is 4.53. The third-order valence-corrected chi connectivity index (χ3v) is 3.41. The molecule has 0 amide bonds. The minimum Gasteiger partial charge on any atom is -0.458 e. The Morgan fingerprint density at radius 2 is 1.55 bits per heavy atom. The summed E-state index contributed by atoms with van der Waals surface area (Å²) in [5, 5.41) is 0. The minimum absolute atomic E-state index is 0.183. The van der Waals surface area contributed by atoms with Crippen LogP contribution in [-0.2, 0) is 20.1 Å². The van der Waals surface area contributed by atoms with Crippen LogP contribution in [0.25, 0.3) is 5.57 Å². The van der Waals surface area contributed by atoms with Gasteiger partial charge in [0.2, 0.25) is 5.78 Å². The van der Waals surface area contributed by atoms with E-state index in [0.717, 1.165) is 5.56 Å². The molecule has 1 heterocycles. The molecule has 2 aromatic rings. The van der Waals surface area contributed by atoms with Gasteiger partial charge in [0.05, 0.1) is 11.8 Å². The van der Waals surface area contributed by atoms with Crippen molar-refractivity contribution in [3.05, 3.63) is 78.1 Å². The third kappa shape index (κ3) is 1.84. The van der Waals surface area contributed by atoms with Gasteiger partial charge in [-0.3, -0.25) is 4.79 Å². The lowest BCUT2D eigenvalue weighted by molar-refractivity contribution is -0.190. The van der Waals surface area contributed by atoms with Crippen molar-refractivity contribution in [2.75, 3.05) is 7.11 Å². The van der Waals surface area contributed by atoms with Gasteiger partial charge in [0, 0.05) is 12.7 Å². The Balaban J connectivity index is 2.01. The van der Waals surface area contributed by atoms with Crippen molar-refractivity contribution in [1.82, 2.24) is 0 Å². The fraction of sp³-hybridized carbons (Fsp3) is 0.118. The normalized spacial score (nSPS) is 21.4. The topological polar surface area (TPSA) is 35.5 Å². The number of carbonyl (C=O) groups excluding carboxylic acids is 1. The highest BCUT2D eigenvalue weighted by Crippen LogP contribution is 2.39. The van der Waals surface area contributed by atoms with Crippen LogP contribution in [-0.4, -0.2) is 12.9 Å². The molecular weight excluding hydrogens is 252 g/mol. The Labute approximate surface area is 117 Å². The molecule has 1 aliphatic rings. The van der Waals surface area contributed by atoms with E-state index in [4.69, 9.17) is 9.47 Å². The lowest BCUT2D eigenvalue weighted by Crippen LogP contribution is -2.36. The van der Waals surface area contributed by atoms with E-state index in [1.807, 2.05) is 60.7 Å². The van der Waals surface area contributed by atoms with Crippen molar-refractivity contribution in [2.45, 2.75) is 5.79 Å². The monoisotopic (exact) mass is 266 g/mol. The van der Waals surface area contributed by atoms with E-state index < -0.39 is 5.79 Å². The molecule has 3 heteroatoms. The van der Waals surface area contributed by atoms with Crippen LogP contribution in [0.15, 0.2) is 66.9 Å². The van der Waals surface area contributed by atoms with Crippen LogP contribution in [0.4, 0.5) is 0 Å². The van der Waals surface area contributed by atoms with Crippen molar-refractivity contribution in [3.8, 4) is 0 Å². The molecule has 0 aromatic heterocycles. The molecule has 0 N–H and O–H groups in total. The molecule has 0 saturated carbocycles. The average Bonchev–Trinajstić information content (AvgIpc) is 2.87. The van der Waals surface area contributed by atoms with Crippen LogP contribution < -0.4 is 0 Å². The first-order valence-corrected chi connectivity index (χ1v) is 6.37. The zero-order valence-electron chi connectivity index (χ0n) is 11.1. The second kappa shape index (κ2) is 4.94. The largest absolute Gasteiger partial charge is 0.458 e. The molecule has 0 spiro atoms. The van der Waals surface area contributed by atoms with Crippen LogP contribution >= 0.6 is 0 Å². The highest BCUT2D eigenvalue weighted by Gasteiger charge is 2.48. The van der Waals surface area contributed by atoms with Gasteiger partial charge in [-0.1, -0.05) is 60.7 Å². The first-order valence-electron chi connectivity index (χ1n) is 6.37. The van der Waals surface area contributed by atoms with E-state index in [9.17, 15) is 4.79 Å². The Hall–Kier alpha value is -2.39. The summed E-state index contributed by atoms with van der Waals surface area (Å²) in [5.74, 6) is -1.55. The van der Waals surface area contributed by atoms with Crippen molar-refractivity contribution in [3.63, 3.8) is 0 Å². The number of ketones is 1. The van der Waals surface area contributed by atoms with Crippen molar-refractivity contribution in [1.29, 1.82) is 0 Å². The first-order chi connectivity index (χ1) is 9.78. The molecule has 1 atom stereocenters. The number of methoxy groups -OCH3 is 1. The Morgan fingerprint density at radius 3 is 2.15 bits per heavy atom. The first kappa shape index (κ1) is 12.6. The van der Waals surface area contributed by atoms with Gasteiger partial charge >= 0.3 is 5.79 Å². The summed E-state index contributed by atoms with van der Waals surface area (Å²) >= 11 is 0. The van der Waals surface area contributed by atoms with Gasteiger partial charge < -0.3 is 9.47 Å². The molecule has 0 saturated heterocycles. The van der Waals surface area contributed by atoms with Gasteiger partial charge in [0.25, 0.3) is 0 Å². The van der Waals surface area contributed by atoms with Crippen molar-refractivity contribution in [2.24, 2.45) is 0 Å². The minimum atomic E-state index is -1.37. The van der Waals surface area contributed by atoms with E-state index in [0.29, 0.717) is 11.1 Å². The van der Waals surface area contributed by atoms with E-state index >= 15 is 0 Å². The fourth-order valence-corrected chi connectivity index (χ4v) is 2.36. The molecule has 20 heavy (non-hydrogen) atoms. The molecule has 3 nitrogen and oxygen atoms in total. The molecule has 1 aliphatic heterocycles. The second-order valence-corrected chi connectivity index (χ2v) is 4.53. The number of hydrogen-bond acceptors (Lipinski definition) is 3. The summed E-state index contributed by atoms with van der Waals surface area (Å²) in [4.78, 5) is 12.7. The average molecular weight is 266 g/mol. The predicted molar refractivity (Wildman–Crippen MR) is 75.6 cm³/mol. The molecule has 0 bridgehead atoms. The molecule has 100 valence electrons. The van der Waals surface area contributed by atoms with Crippen LogP contribution in [0.2, 0.25) is 0 Å². The summed E-state index contributed by atoms with van der Waals surface area (Å²) in [6.45, 7) is 0. The van der Waals surface area contributed by atoms with Crippen LogP contribution in [0.1, 0.15) is 11.1 Å². The number of rotatable bonds is 3. The van der Waals surface area contributed by atoms with Gasteiger partial charge in [-0.05, 0) is 5.56 Å².